The normalized spacial score (nSPS) is 18.0. The van der Waals surface area contributed by atoms with E-state index in [0.717, 1.165) is 25.7 Å². The number of ether oxygens (including phenoxy) is 2. The number of nitrogens with one attached hydrogen (secondary N) is 1. The first-order valence-corrected chi connectivity index (χ1v) is 9.62. The van der Waals surface area contributed by atoms with Crippen LogP contribution in [0.15, 0.2) is 47.4 Å². The summed E-state index contributed by atoms with van der Waals surface area (Å²) < 4.78 is 39.3. The maximum atomic E-state index is 12.4. The fourth-order valence-corrected chi connectivity index (χ4v) is 4.28. The molecule has 1 fully saturated rings. The van der Waals surface area contributed by atoms with Crippen LogP contribution in [0.25, 0.3) is 0 Å². The lowest BCUT2D eigenvalue weighted by Crippen LogP contribution is -2.34. The van der Waals surface area contributed by atoms with Crippen LogP contribution >= 0.6 is 11.6 Å². The predicted octanol–water partition coefficient (Wildman–Crippen LogP) is 4.18. The van der Waals surface area contributed by atoms with Crippen molar-refractivity contribution in [1.82, 2.24) is 0 Å². The Kier molecular flexibility index (Phi) is 3.62. The Morgan fingerprint density at radius 3 is 2.33 bits per heavy atom. The maximum Gasteiger partial charge on any atom is 0.261 e. The molecule has 0 amide bonds. The van der Waals surface area contributed by atoms with E-state index >= 15 is 0 Å². The molecule has 1 spiro atoms. The summed E-state index contributed by atoms with van der Waals surface area (Å²) in [5.41, 5.74) is 0.433. The molecule has 0 saturated heterocycles. The fourth-order valence-electron chi connectivity index (χ4n) is 3.10. The lowest BCUT2D eigenvalue weighted by Gasteiger charge is -2.21. The van der Waals surface area contributed by atoms with Gasteiger partial charge < -0.3 is 9.47 Å². The summed E-state index contributed by atoms with van der Waals surface area (Å²) in [6, 6.07) is 11.1. The van der Waals surface area contributed by atoms with Crippen LogP contribution in [0.5, 0.6) is 11.5 Å². The van der Waals surface area contributed by atoms with Crippen LogP contribution in [0.3, 0.4) is 0 Å². The molecular weight excluding hydrogens is 350 g/mol. The number of fused-ring (bicyclic) bond motifs is 1. The molecule has 1 aliphatic heterocycles. The van der Waals surface area contributed by atoms with Gasteiger partial charge in [-0.1, -0.05) is 11.6 Å². The molecule has 0 radical (unpaired) electrons. The lowest BCUT2D eigenvalue weighted by atomic mass is 10.2. The van der Waals surface area contributed by atoms with E-state index in [-0.39, 0.29) is 4.90 Å². The number of anilines is 1. The Labute approximate surface area is 145 Å². The SMILES string of the molecule is O=S(=O)(Nc1ccc2c(c1)OC1(CCCC1)O2)c1ccc(Cl)cc1. The molecule has 7 heteroatoms. The second-order valence-corrected chi connectivity index (χ2v) is 8.16. The maximum absolute atomic E-state index is 12.4. The predicted molar refractivity (Wildman–Crippen MR) is 91.2 cm³/mol. The van der Waals surface area contributed by atoms with Gasteiger partial charge in [-0.15, -0.1) is 0 Å². The topological polar surface area (TPSA) is 64.6 Å². The van der Waals surface area contributed by atoms with Crippen LogP contribution in [-0.2, 0) is 10.0 Å². The zero-order chi connectivity index (χ0) is 16.8. The van der Waals surface area contributed by atoms with Crippen molar-refractivity contribution >= 4 is 27.3 Å². The van der Waals surface area contributed by atoms with Crippen LogP contribution in [0.1, 0.15) is 25.7 Å². The zero-order valence-corrected chi connectivity index (χ0v) is 14.4. The van der Waals surface area contributed by atoms with Gasteiger partial charge in [0.15, 0.2) is 11.5 Å². The van der Waals surface area contributed by atoms with E-state index in [4.69, 9.17) is 21.1 Å². The molecule has 0 bridgehead atoms. The lowest BCUT2D eigenvalue weighted by molar-refractivity contribution is -0.0716. The summed E-state index contributed by atoms with van der Waals surface area (Å²) in [4.78, 5) is 0.150. The van der Waals surface area contributed by atoms with Gasteiger partial charge in [0.1, 0.15) is 0 Å². The van der Waals surface area contributed by atoms with E-state index in [1.165, 1.54) is 12.1 Å². The molecule has 0 unspecified atom stereocenters. The molecule has 2 aliphatic rings. The minimum absolute atomic E-state index is 0.150. The van der Waals surface area contributed by atoms with Crippen molar-refractivity contribution in [1.29, 1.82) is 0 Å². The van der Waals surface area contributed by atoms with Gasteiger partial charge in [0.25, 0.3) is 15.8 Å². The van der Waals surface area contributed by atoms with Crippen LogP contribution in [0.2, 0.25) is 5.02 Å². The van der Waals surface area contributed by atoms with Gasteiger partial charge in [0, 0.05) is 23.9 Å². The first kappa shape index (κ1) is 15.6. The summed E-state index contributed by atoms with van der Waals surface area (Å²) in [6.07, 6.45) is 3.86. The van der Waals surface area contributed by atoms with Crippen molar-refractivity contribution in [3.05, 3.63) is 47.5 Å². The van der Waals surface area contributed by atoms with Gasteiger partial charge in [-0.25, -0.2) is 8.42 Å². The van der Waals surface area contributed by atoms with Gasteiger partial charge in [0.05, 0.1) is 10.6 Å². The molecule has 4 rings (SSSR count). The van der Waals surface area contributed by atoms with Gasteiger partial charge in [0.2, 0.25) is 0 Å². The van der Waals surface area contributed by atoms with E-state index in [0.29, 0.717) is 22.2 Å². The zero-order valence-electron chi connectivity index (χ0n) is 12.8. The number of sulfonamides is 1. The van der Waals surface area contributed by atoms with E-state index < -0.39 is 15.8 Å². The highest BCUT2D eigenvalue weighted by Gasteiger charge is 2.44. The molecule has 2 aromatic carbocycles. The highest BCUT2D eigenvalue weighted by molar-refractivity contribution is 7.92. The standard InChI is InChI=1S/C17H16ClNO4S/c18-12-3-6-14(7-4-12)24(20,21)19-13-5-8-15-16(11-13)23-17(22-15)9-1-2-10-17/h3-8,11,19H,1-2,9-10H2. The molecule has 0 atom stereocenters. The highest BCUT2D eigenvalue weighted by Crippen LogP contribution is 2.47. The van der Waals surface area contributed by atoms with Crippen LogP contribution < -0.4 is 14.2 Å². The molecular formula is C17H16ClNO4S. The third-order valence-corrected chi connectivity index (χ3v) is 5.93. The largest absolute Gasteiger partial charge is 0.448 e. The molecule has 24 heavy (non-hydrogen) atoms. The smallest absolute Gasteiger partial charge is 0.261 e. The molecule has 126 valence electrons. The second kappa shape index (κ2) is 5.57. The Hall–Kier alpha value is -1.92. The summed E-state index contributed by atoms with van der Waals surface area (Å²) >= 11 is 5.80. The number of hydrogen-bond acceptors (Lipinski definition) is 4. The van der Waals surface area contributed by atoms with Crippen molar-refractivity contribution in [2.75, 3.05) is 4.72 Å². The highest BCUT2D eigenvalue weighted by atomic mass is 35.5. The van der Waals surface area contributed by atoms with Gasteiger partial charge in [-0.05, 0) is 49.2 Å². The average Bonchev–Trinajstić information content (AvgIpc) is 3.13. The average molecular weight is 366 g/mol. The number of rotatable bonds is 3. The van der Waals surface area contributed by atoms with Crippen LogP contribution in [0.4, 0.5) is 5.69 Å². The summed E-state index contributed by atoms with van der Waals surface area (Å²) in [7, 11) is -3.68. The van der Waals surface area contributed by atoms with Crippen molar-refractivity contribution in [3.63, 3.8) is 0 Å². The molecule has 1 heterocycles. The van der Waals surface area contributed by atoms with E-state index in [2.05, 4.69) is 4.72 Å². The number of benzene rings is 2. The molecule has 1 aliphatic carbocycles. The summed E-state index contributed by atoms with van der Waals surface area (Å²) in [6.45, 7) is 0. The third kappa shape index (κ3) is 2.80. The summed E-state index contributed by atoms with van der Waals surface area (Å²) in [5, 5.41) is 0.485. The van der Waals surface area contributed by atoms with E-state index in [9.17, 15) is 8.42 Å². The first-order chi connectivity index (χ1) is 11.5. The Morgan fingerprint density at radius 2 is 1.62 bits per heavy atom. The minimum atomic E-state index is -3.68. The van der Waals surface area contributed by atoms with E-state index in [1.807, 2.05) is 0 Å². The fraction of sp³-hybridized carbons (Fsp3) is 0.294. The van der Waals surface area contributed by atoms with Crippen molar-refractivity contribution in [2.24, 2.45) is 0 Å². The van der Waals surface area contributed by atoms with Crippen molar-refractivity contribution in [3.8, 4) is 11.5 Å². The van der Waals surface area contributed by atoms with E-state index in [1.54, 1.807) is 30.3 Å². The Morgan fingerprint density at radius 1 is 0.958 bits per heavy atom. The molecule has 2 aromatic rings. The van der Waals surface area contributed by atoms with Crippen LogP contribution in [0, 0.1) is 0 Å². The minimum Gasteiger partial charge on any atom is -0.448 e. The summed E-state index contributed by atoms with van der Waals surface area (Å²) in [5.74, 6) is 0.676. The first-order valence-electron chi connectivity index (χ1n) is 7.76. The van der Waals surface area contributed by atoms with Crippen molar-refractivity contribution in [2.45, 2.75) is 36.4 Å². The second-order valence-electron chi connectivity index (χ2n) is 6.04. The quantitative estimate of drug-likeness (QED) is 0.886. The molecule has 5 nitrogen and oxygen atoms in total. The monoisotopic (exact) mass is 365 g/mol. The van der Waals surface area contributed by atoms with Gasteiger partial charge >= 0.3 is 0 Å². The molecule has 0 aromatic heterocycles. The van der Waals surface area contributed by atoms with Gasteiger partial charge in [-0.2, -0.15) is 0 Å². The molecule has 1 saturated carbocycles. The Balaban J connectivity index is 1.57. The molecule has 1 N–H and O–H groups in total. The number of halogens is 1. The van der Waals surface area contributed by atoms with Gasteiger partial charge in [-0.3, -0.25) is 4.72 Å². The Bertz CT molecular complexity index is 874. The third-order valence-electron chi connectivity index (χ3n) is 4.28. The number of hydrogen-bond donors (Lipinski definition) is 1. The van der Waals surface area contributed by atoms with Crippen LogP contribution in [-0.4, -0.2) is 14.2 Å². The van der Waals surface area contributed by atoms with Crippen molar-refractivity contribution < 1.29 is 17.9 Å².